The summed E-state index contributed by atoms with van der Waals surface area (Å²) in [6, 6.07) is 16.8. The molecule has 0 aliphatic rings. The predicted octanol–water partition coefficient (Wildman–Crippen LogP) is 3.34. The van der Waals surface area contributed by atoms with Crippen molar-refractivity contribution >= 4 is 34.7 Å². The van der Waals surface area contributed by atoms with Crippen LogP contribution in [0.15, 0.2) is 59.8 Å². The second kappa shape index (κ2) is 7.61. The van der Waals surface area contributed by atoms with E-state index in [2.05, 4.69) is 5.32 Å². The number of carbonyl (C=O) groups excluding carboxylic acids is 2. The molecule has 0 aliphatic carbocycles. The minimum absolute atomic E-state index is 0.0108. The van der Waals surface area contributed by atoms with Crippen LogP contribution in [0.1, 0.15) is 13.8 Å². The summed E-state index contributed by atoms with van der Waals surface area (Å²) >= 11 is 1.33. The van der Waals surface area contributed by atoms with Gasteiger partial charge in [-0.1, -0.05) is 55.9 Å². The first-order valence-electron chi connectivity index (χ1n) is 8.27. The lowest BCUT2D eigenvalue weighted by Gasteiger charge is -2.19. The number of imide groups is 1. The van der Waals surface area contributed by atoms with Crippen LogP contribution >= 0.6 is 11.8 Å². The van der Waals surface area contributed by atoms with Crippen LogP contribution in [0.3, 0.4) is 0 Å². The second-order valence-electron chi connectivity index (χ2n) is 6.19. The van der Waals surface area contributed by atoms with Gasteiger partial charge in [0.1, 0.15) is 0 Å². The molecule has 7 heteroatoms. The van der Waals surface area contributed by atoms with Crippen molar-refractivity contribution in [2.24, 2.45) is 11.7 Å². The number of para-hydroxylation sites is 3. The van der Waals surface area contributed by atoms with Gasteiger partial charge in [0.15, 0.2) is 5.16 Å². The smallest absolute Gasteiger partial charge is 0.318 e. The van der Waals surface area contributed by atoms with Crippen LogP contribution in [0.4, 0.5) is 4.79 Å². The highest BCUT2D eigenvalue weighted by atomic mass is 32.2. The summed E-state index contributed by atoms with van der Waals surface area (Å²) in [4.78, 5) is 28.2. The largest absolute Gasteiger partial charge is 0.351 e. The van der Waals surface area contributed by atoms with Gasteiger partial charge in [0.25, 0.3) is 0 Å². The molecule has 1 atom stereocenters. The molecule has 0 bridgehead atoms. The molecule has 1 heterocycles. The molecule has 2 aromatic carbocycles. The third-order valence-electron chi connectivity index (χ3n) is 3.89. The van der Waals surface area contributed by atoms with Gasteiger partial charge in [-0.2, -0.15) is 0 Å². The number of imidazole rings is 1. The molecule has 3 amide bonds. The lowest BCUT2D eigenvalue weighted by molar-refractivity contribution is -0.120. The number of carbonyl (C=O) groups is 2. The standard InChI is InChI=1S/C19H20N4O2S/c1-12(2)16(17(24)22-18(20)25)26-19-21-14-10-6-7-11-15(14)23(19)13-8-4-3-5-9-13/h3-12,16H,1-2H3,(H3,20,22,24,25)/t16-/m1/s1. The van der Waals surface area contributed by atoms with E-state index in [0.717, 1.165) is 16.7 Å². The molecule has 3 aromatic rings. The Labute approximate surface area is 155 Å². The summed E-state index contributed by atoms with van der Waals surface area (Å²) < 4.78 is 2.02. The number of primary amides is 1. The molecule has 0 saturated carbocycles. The number of nitrogens with zero attached hydrogens (tertiary/aromatic N) is 2. The van der Waals surface area contributed by atoms with Crippen LogP contribution in [0, 0.1) is 5.92 Å². The van der Waals surface area contributed by atoms with Gasteiger partial charge in [-0.3, -0.25) is 14.7 Å². The number of amides is 3. The SMILES string of the molecule is CC(C)[C@@H](Sc1nc2ccccc2n1-c1ccccc1)C(=O)NC(N)=O. The third kappa shape index (κ3) is 3.72. The van der Waals surface area contributed by atoms with E-state index in [4.69, 9.17) is 10.7 Å². The van der Waals surface area contributed by atoms with Crippen LogP contribution < -0.4 is 11.1 Å². The number of nitrogens with one attached hydrogen (secondary N) is 1. The molecule has 0 fully saturated rings. The quantitative estimate of drug-likeness (QED) is 0.676. The maximum atomic E-state index is 12.4. The number of urea groups is 1. The minimum atomic E-state index is -0.849. The Morgan fingerprint density at radius 1 is 1.08 bits per heavy atom. The first kappa shape index (κ1) is 18.0. The Balaban J connectivity index is 2.06. The first-order chi connectivity index (χ1) is 12.5. The number of hydrogen-bond donors (Lipinski definition) is 2. The molecular formula is C19H20N4O2S. The number of rotatable bonds is 5. The number of hydrogen-bond acceptors (Lipinski definition) is 4. The van der Waals surface area contributed by atoms with Crippen molar-refractivity contribution in [3.63, 3.8) is 0 Å². The summed E-state index contributed by atoms with van der Waals surface area (Å²) in [6.07, 6.45) is 0. The fourth-order valence-electron chi connectivity index (χ4n) is 2.71. The van der Waals surface area contributed by atoms with E-state index in [1.165, 1.54) is 11.8 Å². The highest BCUT2D eigenvalue weighted by Crippen LogP contribution is 2.33. The van der Waals surface area contributed by atoms with Gasteiger partial charge in [-0.15, -0.1) is 0 Å². The van der Waals surface area contributed by atoms with E-state index in [-0.39, 0.29) is 5.92 Å². The Morgan fingerprint density at radius 3 is 2.38 bits per heavy atom. The van der Waals surface area contributed by atoms with Crippen molar-refractivity contribution in [3.8, 4) is 5.69 Å². The van der Waals surface area contributed by atoms with E-state index < -0.39 is 17.2 Å². The molecule has 0 saturated heterocycles. The van der Waals surface area contributed by atoms with E-state index >= 15 is 0 Å². The van der Waals surface area contributed by atoms with Crippen molar-refractivity contribution in [1.82, 2.24) is 14.9 Å². The minimum Gasteiger partial charge on any atom is -0.351 e. The highest BCUT2D eigenvalue weighted by Gasteiger charge is 2.27. The molecule has 134 valence electrons. The zero-order valence-corrected chi connectivity index (χ0v) is 15.4. The Bertz CT molecular complexity index is 937. The number of aromatic nitrogens is 2. The van der Waals surface area contributed by atoms with E-state index in [1.54, 1.807) is 0 Å². The molecule has 3 N–H and O–H groups in total. The molecule has 1 aromatic heterocycles. The Hall–Kier alpha value is -2.80. The van der Waals surface area contributed by atoms with Gasteiger partial charge >= 0.3 is 6.03 Å². The van der Waals surface area contributed by atoms with Gasteiger partial charge in [-0.05, 0) is 30.2 Å². The molecular weight excluding hydrogens is 348 g/mol. The third-order valence-corrected chi connectivity index (χ3v) is 5.38. The Kier molecular flexibility index (Phi) is 5.27. The van der Waals surface area contributed by atoms with Gasteiger partial charge in [0, 0.05) is 5.69 Å². The molecule has 0 spiro atoms. The molecule has 0 unspecified atom stereocenters. The van der Waals surface area contributed by atoms with E-state index in [1.807, 2.05) is 73.0 Å². The van der Waals surface area contributed by atoms with Crippen LogP contribution in [0.5, 0.6) is 0 Å². The highest BCUT2D eigenvalue weighted by molar-refractivity contribution is 8.00. The van der Waals surface area contributed by atoms with Gasteiger partial charge in [-0.25, -0.2) is 9.78 Å². The molecule has 26 heavy (non-hydrogen) atoms. The van der Waals surface area contributed by atoms with Crippen LogP contribution in [0.25, 0.3) is 16.7 Å². The lowest BCUT2D eigenvalue weighted by atomic mass is 10.1. The van der Waals surface area contributed by atoms with Crippen molar-refractivity contribution in [1.29, 1.82) is 0 Å². The number of nitrogens with two attached hydrogens (primary N) is 1. The van der Waals surface area contributed by atoms with Crippen molar-refractivity contribution in [2.45, 2.75) is 24.3 Å². The normalized spacial score (nSPS) is 12.3. The summed E-state index contributed by atoms with van der Waals surface area (Å²) in [5.74, 6) is -0.424. The predicted molar refractivity (Wildman–Crippen MR) is 103 cm³/mol. The monoisotopic (exact) mass is 368 g/mol. The summed E-state index contributed by atoms with van der Waals surface area (Å²) in [7, 11) is 0. The van der Waals surface area contributed by atoms with Gasteiger partial charge in [0.05, 0.1) is 16.3 Å². The van der Waals surface area contributed by atoms with Crippen molar-refractivity contribution in [3.05, 3.63) is 54.6 Å². The van der Waals surface area contributed by atoms with Crippen molar-refractivity contribution < 1.29 is 9.59 Å². The molecule has 0 aliphatic heterocycles. The fourth-order valence-corrected chi connectivity index (χ4v) is 3.83. The molecule has 6 nitrogen and oxygen atoms in total. The van der Waals surface area contributed by atoms with Gasteiger partial charge in [0.2, 0.25) is 5.91 Å². The molecule has 0 radical (unpaired) electrons. The second-order valence-corrected chi connectivity index (χ2v) is 7.30. The lowest BCUT2D eigenvalue weighted by Crippen LogP contribution is -2.42. The van der Waals surface area contributed by atoms with E-state index in [9.17, 15) is 9.59 Å². The Morgan fingerprint density at radius 2 is 1.73 bits per heavy atom. The van der Waals surface area contributed by atoms with Crippen molar-refractivity contribution in [2.75, 3.05) is 0 Å². The maximum absolute atomic E-state index is 12.4. The van der Waals surface area contributed by atoms with Crippen LogP contribution in [-0.2, 0) is 4.79 Å². The number of benzene rings is 2. The maximum Gasteiger partial charge on any atom is 0.318 e. The summed E-state index contributed by atoms with van der Waals surface area (Å²) in [5.41, 5.74) is 7.87. The zero-order valence-electron chi connectivity index (χ0n) is 14.5. The fraction of sp³-hybridized carbons (Fsp3) is 0.211. The van der Waals surface area contributed by atoms with Crippen LogP contribution in [-0.4, -0.2) is 26.7 Å². The average Bonchev–Trinajstić information content (AvgIpc) is 2.97. The number of fused-ring (bicyclic) bond motifs is 1. The average molecular weight is 368 g/mol. The van der Waals surface area contributed by atoms with E-state index in [0.29, 0.717) is 5.16 Å². The summed E-state index contributed by atoms with van der Waals surface area (Å²) in [6.45, 7) is 3.85. The molecule has 3 rings (SSSR count). The van der Waals surface area contributed by atoms with Gasteiger partial charge < -0.3 is 5.73 Å². The topological polar surface area (TPSA) is 90.0 Å². The first-order valence-corrected chi connectivity index (χ1v) is 9.15. The zero-order chi connectivity index (χ0) is 18.7. The summed E-state index contributed by atoms with van der Waals surface area (Å²) in [5, 5.41) is 2.37. The number of thioether (sulfide) groups is 1. The van der Waals surface area contributed by atoms with Crippen LogP contribution in [0.2, 0.25) is 0 Å².